The molecule has 1 aromatic carbocycles. The van der Waals surface area contributed by atoms with Crippen molar-refractivity contribution in [2.24, 2.45) is 0 Å². The summed E-state index contributed by atoms with van der Waals surface area (Å²) in [4.78, 5) is 66.3. The third kappa shape index (κ3) is 12.0. The number of amides is 2. The van der Waals surface area contributed by atoms with Gasteiger partial charge in [-0.15, -0.1) is 23.2 Å². The molecule has 0 bridgehead atoms. The number of likely N-dealkylation sites (N-methyl/N-ethyl adjacent to an activating group) is 1. The first kappa shape index (κ1) is 37.6. The Hall–Kier alpha value is -1.40. The lowest BCUT2D eigenvalue weighted by molar-refractivity contribution is -0.132. The van der Waals surface area contributed by atoms with Crippen LogP contribution in [0.2, 0.25) is 0 Å². The number of rotatable bonds is 16. The van der Waals surface area contributed by atoms with Gasteiger partial charge in [0.2, 0.25) is 5.91 Å². The molecule has 0 saturated heterocycles. The number of hydrogen-bond acceptors (Lipinski definition) is 7. The van der Waals surface area contributed by atoms with Crippen LogP contribution in [0.4, 0.5) is 10.5 Å². The molecule has 0 spiro atoms. The highest BCUT2D eigenvalue weighted by atomic mass is 35.5. The fourth-order valence-electron chi connectivity index (χ4n) is 3.85. The summed E-state index contributed by atoms with van der Waals surface area (Å²) in [5.74, 6) is 0.338. The van der Waals surface area contributed by atoms with E-state index in [9.17, 15) is 43.4 Å². The highest BCUT2D eigenvalue weighted by molar-refractivity contribution is 7.72. The molecule has 0 heterocycles. The number of hydrogen-bond donors (Lipinski definition) is 6. The highest BCUT2D eigenvalue weighted by Crippen LogP contribution is 2.69. The van der Waals surface area contributed by atoms with E-state index in [0.717, 1.165) is 11.3 Å². The van der Waals surface area contributed by atoms with Crippen LogP contribution in [0.15, 0.2) is 24.3 Å². The lowest BCUT2D eigenvalue weighted by Crippen LogP contribution is -2.50. The zero-order chi connectivity index (χ0) is 31.6. The molecule has 0 saturated carbocycles. The number of alkyl halides is 2. The van der Waals surface area contributed by atoms with Gasteiger partial charge < -0.3 is 44.5 Å². The second kappa shape index (κ2) is 15.9. The number of carbonyl (C=O) groups is 2. The molecule has 1 atom stereocenters. The summed E-state index contributed by atoms with van der Waals surface area (Å²) in [6.07, 6.45) is -1.74. The molecular weight excluding hydrogens is 623 g/mol. The summed E-state index contributed by atoms with van der Waals surface area (Å²) in [6, 6.07) is 6.30. The fraction of sp³-hybridized carbons (Fsp3) is 0.667. The van der Waals surface area contributed by atoms with Crippen molar-refractivity contribution in [2.75, 3.05) is 43.3 Å². The number of carbonyl (C=O) groups excluding carboxylic acids is 2. The van der Waals surface area contributed by atoms with Crippen molar-refractivity contribution in [1.29, 1.82) is 0 Å². The Kier molecular flexibility index (Phi) is 14.6. The minimum atomic E-state index is -5.56. The predicted molar refractivity (Wildman–Crippen MR) is 157 cm³/mol. The molecule has 17 heteroatoms. The SMILES string of the molecule is CN(CCCCC(O)(P(=O)(O)O)P(=O)(O)O)C(=O)[C@H](Cc1ccc(N(CCCl)CCCl)cc1)NC(=O)OC(C)(C)C. The van der Waals surface area contributed by atoms with Crippen LogP contribution in [0.1, 0.15) is 45.6 Å². The maximum absolute atomic E-state index is 13.3. The van der Waals surface area contributed by atoms with Crippen molar-refractivity contribution in [3.05, 3.63) is 29.8 Å². The lowest BCUT2D eigenvalue weighted by atomic mass is 10.0. The smallest absolute Gasteiger partial charge is 0.408 e. The van der Waals surface area contributed by atoms with Gasteiger partial charge in [0.05, 0.1) is 0 Å². The zero-order valence-corrected chi connectivity index (χ0v) is 26.9. The van der Waals surface area contributed by atoms with Crippen molar-refractivity contribution in [1.82, 2.24) is 10.2 Å². The van der Waals surface area contributed by atoms with Gasteiger partial charge in [0.1, 0.15) is 11.6 Å². The van der Waals surface area contributed by atoms with Gasteiger partial charge in [-0.25, -0.2) is 4.79 Å². The minimum Gasteiger partial charge on any atom is -0.444 e. The molecule has 6 N–H and O–H groups in total. The van der Waals surface area contributed by atoms with E-state index in [0.29, 0.717) is 24.8 Å². The zero-order valence-electron chi connectivity index (χ0n) is 23.6. The third-order valence-electron chi connectivity index (χ3n) is 6.00. The summed E-state index contributed by atoms with van der Waals surface area (Å²) in [5.41, 5.74) is 0.816. The Balaban J connectivity index is 3.01. The number of anilines is 1. The molecule has 13 nitrogen and oxygen atoms in total. The summed E-state index contributed by atoms with van der Waals surface area (Å²) in [6.45, 7) is 6.24. The van der Waals surface area contributed by atoms with Crippen molar-refractivity contribution < 1.29 is 48.1 Å². The highest BCUT2D eigenvalue weighted by Gasteiger charge is 2.58. The van der Waals surface area contributed by atoms with Crippen LogP contribution in [0, 0.1) is 0 Å². The van der Waals surface area contributed by atoms with Gasteiger partial charge in [0.25, 0.3) is 5.08 Å². The first-order valence-electron chi connectivity index (χ1n) is 12.8. The molecule has 0 aliphatic rings. The average molecular weight is 664 g/mol. The molecule has 0 fully saturated rings. The van der Waals surface area contributed by atoms with E-state index in [1.165, 1.54) is 11.9 Å². The van der Waals surface area contributed by atoms with Crippen LogP contribution in [-0.4, -0.2) is 96.7 Å². The summed E-state index contributed by atoms with van der Waals surface area (Å²) in [5, 5.41) is 9.11. The van der Waals surface area contributed by atoms with Crippen LogP contribution in [0.5, 0.6) is 0 Å². The Morgan fingerprint density at radius 1 is 0.951 bits per heavy atom. The predicted octanol–water partition coefficient (Wildman–Crippen LogP) is 3.04. The van der Waals surface area contributed by atoms with E-state index in [-0.39, 0.29) is 25.8 Å². The van der Waals surface area contributed by atoms with E-state index in [1.807, 2.05) is 29.2 Å². The van der Waals surface area contributed by atoms with Crippen LogP contribution < -0.4 is 10.2 Å². The Labute approximate surface area is 250 Å². The van der Waals surface area contributed by atoms with E-state index >= 15 is 0 Å². The van der Waals surface area contributed by atoms with Crippen molar-refractivity contribution >= 4 is 56.1 Å². The van der Waals surface area contributed by atoms with Gasteiger partial charge in [-0.3, -0.25) is 13.9 Å². The molecule has 0 unspecified atom stereocenters. The number of aliphatic hydroxyl groups is 1. The van der Waals surface area contributed by atoms with E-state index < -0.39 is 50.3 Å². The van der Waals surface area contributed by atoms with Gasteiger partial charge in [-0.05, 0) is 57.7 Å². The second-order valence-electron chi connectivity index (χ2n) is 10.5. The topological polar surface area (TPSA) is 197 Å². The van der Waals surface area contributed by atoms with Gasteiger partial charge >= 0.3 is 21.3 Å². The lowest BCUT2D eigenvalue weighted by Gasteiger charge is -2.30. The molecular formula is C24H41Cl2N3O10P2. The van der Waals surface area contributed by atoms with Crippen molar-refractivity contribution in [3.8, 4) is 0 Å². The monoisotopic (exact) mass is 663 g/mol. The summed E-state index contributed by atoms with van der Waals surface area (Å²) >= 11 is 11.8. The number of unbranched alkanes of at least 4 members (excludes halogenated alkanes) is 1. The molecule has 41 heavy (non-hydrogen) atoms. The van der Waals surface area contributed by atoms with Crippen LogP contribution in [-0.2, 0) is 25.1 Å². The Bertz CT molecular complexity index is 1060. The standard InChI is InChI=1S/C24H41Cl2N3O10P2/c1-23(2,3)39-22(31)27-20(17-18-7-9-19(10-8-18)29(15-12-25)16-13-26)21(30)28(4)14-6-5-11-24(32,40(33,34)35)41(36,37)38/h7-10,20,32H,5-6,11-17H2,1-4H3,(H,27,31)(H2,33,34,35)(H2,36,37,38)/t20-/m0/s1. The van der Waals surface area contributed by atoms with Gasteiger partial charge in [-0.1, -0.05) is 12.1 Å². The van der Waals surface area contributed by atoms with Crippen LogP contribution >= 0.6 is 38.4 Å². The number of benzene rings is 1. The molecule has 0 radical (unpaired) electrons. The minimum absolute atomic E-state index is 0.00841. The van der Waals surface area contributed by atoms with E-state index in [4.69, 9.17) is 27.9 Å². The molecule has 1 aromatic rings. The number of nitrogens with one attached hydrogen (secondary N) is 1. The number of nitrogens with zero attached hydrogens (tertiary/aromatic N) is 2. The second-order valence-corrected chi connectivity index (χ2v) is 15.3. The maximum atomic E-state index is 13.3. The number of alkyl carbamates (subject to hydrolysis) is 1. The number of halogens is 2. The van der Waals surface area contributed by atoms with Gasteiger partial charge in [0.15, 0.2) is 0 Å². The quantitative estimate of drug-likeness (QED) is 0.0863. The first-order valence-corrected chi connectivity index (χ1v) is 17.1. The molecule has 0 aliphatic heterocycles. The van der Waals surface area contributed by atoms with Gasteiger partial charge in [-0.2, -0.15) is 0 Å². The number of ether oxygens (including phenoxy) is 1. The summed E-state index contributed by atoms with van der Waals surface area (Å²) in [7, 11) is -9.68. The maximum Gasteiger partial charge on any atom is 0.408 e. The van der Waals surface area contributed by atoms with Crippen LogP contribution in [0.3, 0.4) is 0 Å². The Morgan fingerprint density at radius 3 is 1.90 bits per heavy atom. The molecule has 236 valence electrons. The molecule has 0 aliphatic carbocycles. The Morgan fingerprint density at radius 2 is 1.46 bits per heavy atom. The average Bonchev–Trinajstić information content (AvgIpc) is 2.83. The van der Waals surface area contributed by atoms with Gasteiger partial charge in [0, 0.05) is 50.6 Å². The fourth-order valence-corrected chi connectivity index (χ4v) is 6.52. The largest absolute Gasteiger partial charge is 0.444 e. The normalized spacial score (nSPS) is 13.4. The van der Waals surface area contributed by atoms with E-state index in [1.54, 1.807) is 20.8 Å². The van der Waals surface area contributed by atoms with Crippen LogP contribution in [0.25, 0.3) is 0 Å². The van der Waals surface area contributed by atoms with E-state index in [2.05, 4.69) is 5.32 Å². The first-order chi connectivity index (χ1) is 18.8. The molecule has 0 aromatic heterocycles. The van der Waals surface area contributed by atoms with Crippen molar-refractivity contribution in [2.45, 2.75) is 63.2 Å². The molecule has 1 rings (SSSR count). The summed E-state index contributed by atoms with van der Waals surface area (Å²) < 4.78 is 28.4. The van der Waals surface area contributed by atoms with Crippen molar-refractivity contribution in [3.63, 3.8) is 0 Å². The molecule has 2 amide bonds. The third-order valence-corrected chi connectivity index (χ3v) is 10.2.